The molecule has 1 aromatic heterocycles. The van der Waals surface area contributed by atoms with E-state index in [-0.39, 0.29) is 11.8 Å². The first-order valence-corrected chi connectivity index (χ1v) is 12.9. The first-order chi connectivity index (χ1) is 18.6. The van der Waals surface area contributed by atoms with Crippen LogP contribution in [-0.4, -0.2) is 78.5 Å². The van der Waals surface area contributed by atoms with Gasteiger partial charge in [-0.1, -0.05) is 12.1 Å². The number of aromatic nitrogens is 2. The predicted molar refractivity (Wildman–Crippen MR) is 142 cm³/mol. The molecule has 0 spiro atoms. The molecule has 2 aliphatic heterocycles. The molecule has 2 fully saturated rings. The maximum absolute atomic E-state index is 11.7. The Kier molecular flexibility index (Phi) is 8.12. The van der Waals surface area contributed by atoms with Gasteiger partial charge in [-0.25, -0.2) is 9.97 Å². The van der Waals surface area contributed by atoms with Gasteiger partial charge in [0.25, 0.3) is 0 Å². The first kappa shape index (κ1) is 25.6. The zero-order valence-electron chi connectivity index (χ0n) is 21.3. The number of morpholine rings is 1. The number of anilines is 1. The van der Waals surface area contributed by atoms with E-state index in [1.165, 1.54) is 5.69 Å². The molecule has 1 N–H and O–H groups in total. The Labute approximate surface area is 222 Å². The van der Waals surface area contributed by atoms with E-state index in [2.05, 4.69) is 40.2 Å². The van der Waals surface area contributed by atoms with Crippen LogP contribution in [0.1, 0.15) is 23.4 Å². The topological polar surface area (TPSA) is 112 Å². The van der Waals surface area contributed by atoms with Crippen molar-refractivity contribution in [1.82, 2.24) is 14.9 Å². The SMILES string of the molecule is N#Cc1cc(-c2ccnc(Cc3ccc(N4CCOCC4)cc3)n2)ccc1OCC1CCN(C(=O)CO)C1. The molecule has 3 heterocycles. The molecule has 9 heteroatoms. The van der Waals surface area contributed by atoms with Crippen LogP contribution in [0.25, 0.3) is 11.3 Å². The molecule has 1 atom stereocenters. The van der Waals surface area contributed by atoms with Gasteiger partial charge in [-0.3, -0.25) is 4.79 Å². The lowest BCUT2D eigenvalue weighted by Crippen LogP contribution is -2.36. The Morgan fingerprint density at radius 1 is 1.13 bits per heavy atom. The minimum Gasteiger partial charge on any atom is -0.492 e. The van der Waals surface area contributed by atoms with Crippen LogP contribution in [0.3, 0.4) is 0 Å². The van der Waals surface area contributed by atoms with Crippen LogP contribution in [0.2, 0.25) is 0 Å². The third-order valence-corrected chi connectivity index (χ3v) is 7.02. The van der Waals surface area contributed by atoms with Gasteiger partial charge in [0.2, 0.25) is 5.91 Å². The first-order valence-electron chi connectivity index (χ1n) is 12.9. The molecule has 1 unspecified atom stereocenters. The highest BCUT2D eigenvalue weighted by Gasteiger charge is 2.26. The summed E-state index contributed by atoms with van der Waals surface area (Å²) in [6.45, 7) is 4.44. The number of aliphatic hydroxyl groups excluding tert-OH is 1. The number of carbonyl (C=O) groups excluding carboxylic acids is 1. The van der Waals surface area contributed by atoms with Gasteiger partial charge in [0.1, 0.15) is 24.3 Å². The van der Waals surface area contributed by atoms with Crippen LogP contribution in [-0.2, 0) is 16.0 Å². The summed E-state index contributed by atoms with van der Waals surface area (Å²) in [5.74, 6) is 1.13. The number of hydrogen-bond donors (Lipinski definition) is 1. The van der Waals surface area contributed by atoms with Crippen molar-refractivity contribution in [1.29, 1.82) is 5.26 Å². The quantitative estimate of drug-likeness (QED) is 0.489. The molecular formula is C29H31N5O4. The van der Waals surface area contributed by atoms with Gasteiger partial charge in [0.15, 0.2) is 0 Å². The largest absolute Gasteiger partial charge is 0.492 e. The summed E-state index contributed by atoms with van der Waals surface area (Å²) >= 11 is 0. The number of ether oxygens (including phenoxy) is 2. The molecule has 2 aromatic carbocycles. The van der Waals surface area contributed by atoms with Crippen molar-refractivity contribution in [2.24, 2.45) is 5.92 Å². The molecule has 0 saturated carbocycles. The van der Waals surface area contributed by atoms with E-state index in [0.29, 0.717) is 43.3 Å². The van der Waals surface area contributed by atoms with Crippen molar-refractivity contribution < 1.29 is 19.4 Å². The second kappa shape index (κ2) is 12.0. The normalized spacial score (nSPS) is 17.3. The van der Waals surface area contributed by atoms with E-state index >= 15 is 0 Å². The molecule has 196 valence electrons. The molecule has 0 bridgehead atoms. The van der Waals surface area contributed by atoms with Crippen LogP contribution in [0, 0.1) is 17.2 Å². The van der Waals surface area contributed by atoms with Crippen LogP contribution >= 0.6 is 0 Å². The molecule has 3 aromatic rings. The number of nitrogens with zero attached hydrogens (tertiary/aromatic N) is 5. The van der Waals surface area contributed by atoms with E-state index in [0.717, 1.165) is 49.5 Å². The van der Waals surface area contributed by atoms with Crippen molar-refractivity contribution in [2.75, 3.05) is 57.5 Å². The van der Waals surface area contributed by atoms with Crippen LogP contribution in [0.5, 0.6) is 5.75 Å². The number of amides is 1. The van der Waals surface area contributed by atoms with E-state index in [4.69, 9.17) is 19.6 Å². The second-order valence-corrected chi connectivity index (χ2v) is 9.59. The number of nitriles is 1. The van der Waals surface area contributed by atoms with Gasteiger partial charge in [0.05, 0.1) is 31.1 Å². The minimum atomic E-state index is -0.473. The average molecular weight is 514 g/mol. The lowest BCUT2D eigenvalue weighted by atomic mass is 10.1. The van der Waals surface area contributed by atoms with E-state index < -0.39 is 6.61 Å². The third-order valence-electron chi connectivity index (χ3n) is 7.02. The van der Waals surface area contributed by atoms with Gasteiger partial charge < -0.3 is 24.4 Å². The highest BCUT2D eigenvalue weighted by Crippen LogP contribution is 2.27. The Balaban J connectivity index is 1.23. The van der Waals surface area contributed by atoms with E-state index in [1.54, 1.807) is 23.2 Å². The van der Waals surface area contributed by atoms with Crippen molar-refractivity contribution >= 4 is 11.6 Å². The van der Waals surface area contributed by atoms with Gasteiger partial charge in [-0.05, 0) is 48.4 Å². The van der Waals surface area contributed by atoms with Gasteiger partial charge in [0, 0.05) is 56.0 Å². The fraction of sp³-hybridized carbons (Fsp3) is 0.379. The van der Waals surface area contributed by atoms with Gasteiger partial charge >= 0.3 is 0 Å². The fourth-order valence-corrected chi connectivity index (χ4v) is 4.88. The second-order valence-electron chi connectivity index (χ2n) is 9.59. The standard InChI is InChI=1S/C29H31N5O4/c30-17-24-16-23(3-6-27(24)38-20-22-8-10-34(18-22)29(36)19-35)26-7-9-31-28(32-26)15-21-1-4-25(5-2-21)33-11-13-37-14-12-33/h1-7,9,16,22,35H,8,10-15,18-20H2. The molecule has 38 heavy (non-hydrogen) atoms. The summed E-state index contributed by atoms with van der Waals surface area (Å²) in [7, 11) is 0. The summed E-state index contributed by atoms with van der Waals surface area (Å²) in [5.41, 5.74) is 4.33. The van der Waals surface area contributed by atoms with Crippen molar-refractivity contribution in [3.63, 3.8) is 0 Å². The molecule has 0 aliphatic carbocycles. The summed E-state index contributed by atoms with van der Waals surface area (Å²) < 4.78 is 11.4. The Bertz CT molecular complexity index is 1300. The average Bonchev–Trinajstić information content (AvgIpc) is 3.46. The number of hydrogen-bond acceptors (Lipinski definition) is 8. The van der Waals surface area contributed by atoms with Crippen LogP contribution in [0.15, 0.2) is 54.7 Å². The molecule has 2 saturated heterocycles. The van der Waals surface area contributed by atoms with Crippen molar-refractivity contribution in [3.8, 4) is 23.1 Å². The van der Waals surface area contributed by atoms with Crippen molar-refractivity contribution in [2.45, 2.75) is 12.8 Å². The number of rotatable bonds is 8. The molecule has 1 amide bonds. The number of likely N-dealkylation sites (tertiary alicyclic amines) is 1. The molecule has 9 nitrogen and oxygen atoms in total. The summed E-state index contributed by atoms with van der Waals surface area (Å²) in [6, 6.07) is 18.0. The minimum absolute atomic E-state index is 0.170. The van der Waals surface area contributed by atoms with Gasteiger partial charge in [-0.15, -0.1) is 0 Å². The fourth-order valence-electron chi connectivity index (χ4n) is 4.88. The molecular weight excluding hydrogens is 482 g/mol. The highest BCUT2D eigenvalue weighted by atomic mass is 16.5. The predicted octanol–water partition coefficient (Wildman–Crippen LogP) is 2.66. The Hall–Kier alpha value is -4.00. The summed E-state index contributed by atoms with van der Waals surface area (Å²) in [6.07, 6.45) is 3.17. The lowest BCUT2D eigenvalue weighted by Gasteiger charge is -2.28. The van der Waals surface area contributed by atoms with Gasteiger partial charge in [-0.2, -0.15) is 5.26 Å². The number of aliphatic hydroxyl groups is 1. The third kappa shape index (κ3) is 6.10. The Morgan fingerprint density at radius 2 is 1.95 bits per heavy atom. The highest BCUT2D eigenvalue weighted by molar-refractivity contribution is 5.77. The molecule has 2 aliphatic rings. The number of benzene rings is 2. The van der Waals surface area contributed by atoms with Crippen LogP contribution < -0.4 is 9.64 Å². The summed E-state index contributed by atoms with van der Waals surface area (Å²) in [4.78, 5) is 24.9. The van der Waals surface area contributed by atoms with Crippen molar-refractivity contribution in [3.05, 3.63) is 71.7 Å². The zero-order chi connectivity index (χ0) is 26.3. The van der Waals surface area contributed by atoms with E-state index in [1.807, 2.05) is 12.1 Å². The van der Waals surface area contributed by atoms with Crippen LogP contribution in [0.4, 0.5) is 5.69 Å². The van der Waals surface area contributed by atoms with E-state index in [9.17, 15) is 10.1 Å². The Morgan fingerprint density at radius 3 is 2.71 bits per heavy atom. The number of carbonyl (C=O) groups is 1. The lowest BCUT2D eigenvalue weighted by molar-refractivity contribution is -0.133. The maximum atomic E-state index is 11.7. The zero-order valence-corrected chi connectivity index (χ0v) is 21.3. The smallest absolute Gasteiger partial charge is 0.248 e. The summed E-state index contributed by atoms with van der Waals surface area (Å²) in [5, 5.41) is 18.8. The molecule has 0 radical (unpaired) electrons. The monoisotopic (exact) mass is 513 g/mol. The maximum Gasteiger partial charge on any atom is 0.248 e. The molecule has 5 rings (SSSR count).